The molecule has 6 nitrogen and oxygen atoms in total. The van der Waals surface area contributed by atoms with E-state index in [0.717, 1.165) is 13.0 Å². The number of aliphatic imine (C=N–C) groups is 1. The number of thiophene rings is 1. The van der Waals surface area contributed by atoms with Crippen LogP contribution in [0, 0.1) is 5.92 Å². The second-order valence-electron chi connectivity index (χ2n) is 5.49. The van der Waals surface area contributed by atoms with Gasteiger partial charge >= 0.3 is 0 Å². The molecular weight excluding hydrogens is 449 g/mol. The van der Waals surface area contributed by atoms with Crippen LogP contribution < -0.4 is 16.0 Å². The van der Waals surface area contributed by atoms with E-state index in [-0.39, 0.29) is 36.4 Å². The molecule has 2 aromatic heterocycles. The number of hydrogen-bond acceptors (Lipinski definition) is 4. The molecule has 0 saturated carbocycles. The van der Waals surface area contributed by atoms with E-state index in [1.165, 1.54) is 4.88 Å². The van der Waals surface area contributed by atoms with E-state index in [9.17, 15) is 4.79 Å². The first-order valence-corrected chi connectivity index (χ1v) is 8.72. The molecule has 2 rings (SSSR count). The first kappa shape index (κ1) is 21.4. The average molecular weight is 473 g/mol. The van der Waals surface area contributed by atoms with Crippen LogP contribution in [0.2, 0.25) is 0 Å². The normalized spacial score (nSPS) is 12.0. The molecule has 2 heterocycles. The number of nitrogens with one attached hydrogen (secondary N) is 3. The summed E-state index contributed by atoms with van der Waals surface area (Å²) >= 11 is 1.77. The molecular formula is C17H24IN5OS. The van der Waals surface area contributed by atoms with E-state index < -0.39 is 0 Å². The van der Waals surface area contributed by atoms with E-state index in [0.29, 0.717) is 17.6 Å². The Labute approximate surface area is 169 Å². The quantitative estimate of drug-likeness (QED) is 0.329. The Hall–Kier alpha value is -1.68. The van der Waals surface area contributed by atoms with Gasteiger partial charge in [0.25, 0.3) is 0 Å². The van der Waals surface area contributed by atoms with Gasteiger partial charge in [0.2, 0.25) is 5.91 Å². The molecule has 3 N–H and O–H groups in total. The number of carbonyl (C=O) groups is 1. The van der Waals surface area contributed by atoms with Gasteiger partial charge in [0, 0.05) is 24.7 Å². The van der Waals surface area contributed by atoms with Crippen LogP contribution in [0.3, 0.4) is 0 Å². The van der Waals surface area contributed by atoms with Crippen LogP contribution in [0.25, 0.3) is 0 Å². The summed E-state index contributed by atoms with van der Waals surface area (Å²) in [5.74, 6) is 0.957. The Morgan fingerprint density at radius 3 is 2.80 bits per heavy atom. The summed E-state index contributed by atoms with van der Waals surface area (Å²) < 4.78 is 0. The van der Waals surface area contributed by atoms with Crippen molar-refractivity contribution in [2.75, 3.05) is 25.5 Å². The summed E-state index contributed by atoms with van der Waals surface area (Å²) in [5.41, 5.74) is 0.678. The largest absolute Gasteiger partial charge is 0.356 e. The highest BCUT2D eigenvalue weighted by Gasteiger charge is 2.07. The number of nitrogens with zero attached hydrogens (tertiary/aromatic N) is 2. The summed E-state index contributed by atoms with van der Waals surface area (Å²) in [7, 11) is 1.69. The molecule has 0 bridgehead atoms. The molecule has 0 saturated heterocycles. The second-order valence-corrected chi connectivity index (χ2v) is 6.52. The molecule has 1 amide bonds. The zero-order chi connectivity index (χ0) is 17.2. The minimum absolute atomic E-state index is 0. The van der Waals surface area contributed by atoms with Gasteiger partial charge in [-0.05, 0) is 35.9 Å². The van der Waals surface area contributed by atoms with Crippen LogP contribution in [0.5, 0.6) is 0 Å². The highest BCUT2D eigenvalue weighted by Crippen LogP contribution is 2.13. The van der Waals surface area contributed by atoms with Gasteiger partial charge in [0.1, 0.15) is 0 Å². The third kappa shape index (κ3) is 8.30. The minimum Gasteiger partial charge on any atom is -0.356 e. The van der Waals surface area contributed by atoms with Gasteiger partial charge in [0.05, 0.1) is 18.4 Å². The van der Waals surface area contributed by atoms with E-state index in [2.05, 4.69) is 50.4 Å². The van der Waals surface area contributed by atoms with Crippen molar-refractivity contribution in [3.05, 3.63) is 46.9 Å². The molecule has 0 aromatic carbocycles. The third-order valence-electron chi connectivity index (χ3n) is 3.33. The summed E-state index contributed by atoms with van der Waals surface area (Å²) in [6, 6.07) is 7.79. The van der Waals surface area contributed by atoms with Gasteiger partial charge in [0.15, 0.2) is 5.96 Å². The zero-order valence-corrected chi connectivity index (χ0v) is 17.5. The molecule has 0 aliphatic heterocycles. The smallest absolute Gasteiger partial charge is 0.243 e. The fourth-order valence-electron chi connectivity index (χ4n) is 2.14. The lowest BCUT2D eigenvalue weighted by Crippen LogP contribution is -2.43. The maximum atomic E-state index is 11.9. The highest BCUT2D eigenvalue weighted by atomic mass is 127. The average Bonchev–Trinajstić information content (AvgIpc) is 3.09. The first-order chi connectivity index (χ1) is 11.7. The molecule has 0 aliphatic carbocycles. The van der Waals surface area contributed by atoms with Crippen molar-refractivity contribution in [1.82, 2.24) is 15.6 Å². The topological polar surface area (TPSA) is 78.4 Å². The van der Waals surface area contributed by atoms with Crippen molar-refractivity contribution in [2.45, 2.75) is 13.3 Å². The maximum absolute atomic E-state index is 11.9. The SMILES string of the molecule is CN=C(NCC(=O)Nc1cccnc1)NCC(C)Cc1cccs1.I. The molecule has 0 spiro atoms. The van der Waals surface area contributed by atoms with Crippen molar-refractivity contribution in [1.29, 1.82) is 0 Å². The number of rotatable bonds is 7. The van der Waals surface area contributed by atoms with Gasteiger partial charge in [-0.2, -0.15) is 0 Å². The van der Waals surface area contributed by atoms with Crippen LogP contribution >= 0.6 is 35.3 Å². The summed E-state index contributed by atoms with van der Waals surface area (Å²) in [5, 5.41) is 11.1. The van der Waals surface area contributed by atoms with E-state index >= 15 is 0 Å². The molecule has 2 aromatic rings. The fourth-order valence-corrected chi connectivity index (χ4v) is 3.01. The number of amides is 1. The Morgan fingerprint density at radius 2 is 2.16 bits per heavy atom. The highest BCUT2D eigenvalue weighted by molar-refractivity contribution is 14.0. The van der Waals surface area contributed by atoms with Crippen LogP contribution in [0.4, 0.5) is 5.69 Å². The van der Waals surface area contributed by atoms with Crippen LogP contribution in [0.1, 0.15) is 11.8 Å². The van der Waals surface area contributed by atoms with Gasteiger partial charge < -0.3 is 16.0 Å². The lowest BCUT2D eigenvalue weighted by molar-refractivity contribution is -0.115. The zero-order valence-electron chi connectivity index (χ0n) is 14.4. The number of aromatic nitrogens is 1. The second kappa shape index (κ2) is 11.8. The predicted molar refractivity (Wildman–Crippen MR) is 115 cm³/mol. The Morgan fingerprint density at radius 1 is 1.32 bits per heavy atom. The number of guanidine groups is 1. The predicted octanol–water partition coefficient (Wildman–Crippen LogP) is 2.74. The van der Waals surface area contributed by atoms with Crippen molar-refractivity contribution in [3.63, 3.8) is 0 Å². The van der Waals surface area contributed by atoms with Gasteiger partial charge in [-0.1, -0.05) is 13.0 Å². The molecule has 0 fully saturated rings. The van der Waals surface area contributed by atoms with Gasteiger partial charge in [-0.3, -0.25) is 14.8 Å². The Balaban J connectivity index is 0.00000312. The summed E-state index contributed by atoms with van der Waals surface area (Å²) in [4.78, 5) is 21.4. The Bertz CT molecular complexity index is 648. The fraction of sp³-hybridized carbons (Fsp3) is 0.353. The number of halogens is 1. The Kier molecular flexibility index (Phi) is 10.1. The van der Waals surface area contributed by atoms with E-state index in [4.69, 9.17) is 0 Å². The molecule has 1 atom stereocenters. The van der Waals surface area contributed by atoms with Crippen LogP contribution in [-0.4, -0.2) is 37.0 Å². The van der Waals surface area contributed by atoms with Gasteiger partial charge in [-0.25, -0.2) is 0 Å². The van der Waals surface area contributed by atoms with Crippen molar-refractivity contribution in [3.8, 4) is 0 Å². The van der Waals surface area contributed by atoms with Crippen molar-refractivity contribution in [2.24, 2.45) is 10.9 Å². The lowest BCUT2D eigenvalue weighted by Gasteiger charge is -2.15. The van der Waals surface area contributed by atoms with E-state index in [1.807, 2.05) is 0 Å². The number of pyridine rings is 1. The molecule has 8 heteroatoms. The standard InChI is InChI=1S/C17H23N5OS.HI/c1-13(9-15-6-4-8-24-15)10-20-17(18-2)21-12-16(23)22-14-5-3-7-19-11-14;/h3-8,11,13H,9-10,12H2,1-2H3,(H,22,23)(H2,18,20,21);1H. The molecule has 136 valence electrons. The third-order valence-corrected chi connectivity index (χ3v) is 4.23. The van der Waals surface area contributed by atoms with Crippen LogP contribution in [0.15, 0.2) is 47.0 Å². The van der Waals surface area contributed by atoms with Crippen molar-refractivity contribution < 1.29 is 4.79 Å². The molecule has 0 aliphatic rings. The van der Waals surface area contributed by atoms with Gasteiger partial charge in [-0.15, -0.1) is 35.3 Å². The number of carbonyl (C=O) groups excluding carboxylic acids is 1. The molecule has 25 heavy (non-hydrogen) atoms. The number of anilines is 1. The van der Waals surface area contributed by atoms with E-state index in [1.54, 1.807) is 42.9 Å². The van der Waals surface area contributed by atoms with Crippen LogP contribution in [-0.2, 0) is 11.2 Å². The number of hydrogen-bond donors (Lipinski definition) is 3. The maximum Gasteiger partial charge on any atom is 0.243 e. The molecule has 0 radical (unpaired) electrons. The minimum atomic E-state index is -0.141. The lowest BCUT2D eigenvalue weighted by atomic mass is 10.1. The summed E-state index contributed by atoms with van der Waals surface area (Å²) in [6.07, 6.45) is 4.30. The van der Waals surface area contributed by atoms with Crippen molar-refractivity contribution >= 4 is 52.9 Å². The summed E-state index contributed by atoms with van der Waals surface area (Å²) in [6.45, 7) is 3.13. The first-order valence-electron chi connectivity index (χ1n) is 7.84. The molecule has 1 unspecified atom stereocenters. The monoisotopic (exact) mass is 473 g/mol.